The first-order valence-electron chi connectivity index (χ1n) is 9.36. The van der Waals surface area contributed by atoms with E-state index in [2.05, 4.69) is 0 Å². The summed E-state index contributed by atoms with van der Waals surface area (Å²) in [6, 6.07) is 11.6. The summed E-state index contributed by atoms with van der Waals surface area (Å²) in [7, 11) is 0. The number of nitro groups is 1. The molecule has 0 bridgehead atoms. The minimum Gasteiger partial charge on any atom is -0.494 e. The van der Waals surface area contributed by atoms with Gasteiger partial charge in [0.05, 0.1) is 17.0 Å². The van der Waals surface area contributed by atoms with Crippen molar-refractivity contribution in [2.45, 2.75) is 13.5 Å². The predicted octanol–water partition coefficient (Wildman–Crippen LogP) is 2.65. The summed E-state index contributed by atoms with van der Waals surface area (Å²) < 4.78 is 11.5. The predicted molar refractivity (Wildman–Crippen MR) is 110 cm³/mol. The van der Waals surface area contributed by atoms with Gasteiger partial charge in [-0.1, -0.05) is 6.07 Å². The minimum atomic E-state index is -0.750. The molecular formula is C22H15N3O7. The van der Waals surface area contributed by atoms with E-state index in [1.807, 2.05) is 0 Å². The molecule has 0 radical (unpaired) electrons. The lowest BCUT2D eigenvalue weighted by Gasteiger charge is -2.16. The highest BCUT2D eigenvalue weighted by Crippen LogP contribution is 2.33. The second-order valence-corrected chi connectivity index (χ2v) is 7.02. The highest BCUT2D eigenvalue weighted by atomic mass is 16.7. The molecular weight excluding hydrogens is 418 g/mol. The number of ether oxygens (including phenoxy) is 2. The molecule has 3 aromatic rings. The number of fused-ring (bicyclic) bond motifs is 1. The van der Waals surface area contributed by atoms with Gasteiger partial charge in [0.25, 0.3) is 11.2 Å². The van der Waals surface area contributed by atoms with Crippen molar-refractivity contribution in [2.75, 3.05) is 6.79 Å². The normalized spacial score (nSPS) is 11.8. The molecule has 0 saturated carbocycles. The van der Waals surface area contributed by atoms with Crippen LogP contribution in [0.1, 0.15) is 32.6 Å². The van der Waals surface area contributed by atoms with Gasteiger partial charge in [-0.3, -0.25) is 24.3 Å². The molecule has 1 aliphatic heterocycles. The van der Waals surface area contributed by atoms with Crippen LogP contribution in [0.15, 0.2) is 47.3 Å². The van der Waals surface area contributed by atoms with Crippen molar-refractivity contribution in [1.82, 2.24) is 4.57 Å². The molecule has 1 N–H and O–H groups in total. The Bertz CT molecular complexity index is 1370. The quantitative estimate of drug-likeness (QED) is 0.367. The van der Waals surface area contributed by atoms with Crippen LogP contribution in [-0.2, 0) is 6.54 Å². The maximum absolute atomic E-state index is 13.1. The van der Waals surface area contributed by atoms with Gasteiger partial charge in [0, 0.05) is 17.7 Å². The molecule has 0 unspecified atom stereocenters. The number of ketones is 1. The van der Waals surface area contributed by atoms with Crippen molar-refractivity contribution in [2.24, 2.45) is 0 Å². The molecule has 10 nitrogen and oxygen atoms in total. The van der Waals surface area contributed by atoms with Crippen molar-refractivity contribution in [3.05, 3.63) is 90.7 Å². The smallest absolute Gasteiger partial charge is 0.271 e. The lowest BCUT2D eigenvalue weighted by molar-refractivity contribution is -0.384. The molecule has 0 aliphatic carbocycles. The van der Waals surface area contributed by atoms with Crippen molar-refractivity contribution >= 4 is 11.5 Å². The number of rotatable bonds is 5. The molecule has 2 heterocycles. The lowest BCUT2D eigenvalue weighted by Crippen LogP contribution is -2.27. The Labute approximate surface area is 180 Å². The first kappa shape index (κ1) is 20.6. The number of hydrogen-bond donors (Lipinski definition) is 1. The fraction of sp³-hybridized carbons (Fsp3) is 0.136. The number of nitro benzene ring substituents is 1. The number of non-ortho nitro benzene ring substituents is 1. The van der Waals surface area contributed by atoms with Gasteiger partial charge in [-0.2, -0.15) is 5.26 Å². The molecule has 2 aromatic carbocycles. The van der Waals surface area contributed by atoms with Crippen LogP contribution in [0.4, 0.5) is 5.69 Å². The highest BCUT2D eigenvalue weighted by Gasteiger charge is 2.25. The Morgan fingerprint density at radius 2 is 1.91 bits per heavy atom. The second kappa shape index (κ2) is 7.88. The van der Waals surface area contributed by atoms with Crippen molar-refractivity contribution in [3.8, 4) is 23.4 Å². The van der Waals surface area contributed by atoms with Crippen molar-refractivity contribution in [1.29, 1.82) is 5.26 Å². The van der Waals surface area contributed by atoms with Crippen LogP contribution >= 0.6 is 0 Å². The van der Waals surface area contributed by atoms with E-state index in [0.29, 0.717) is 17.1 Å². The molecule has 0 atom stereocenters. The Morgan fingerprint density at radius 1 is 1.22 bits per heavy atom. The van der Waals surface area contributed by atoms with Crippen LogP contribution in [-0.4, -0.2) is 27.2 Å². The zero-order valence-corrected chi connectivity index (χ0v) is 16.7. The van der Waals surface area contributed by atoms with Gasteiger partial charge in [0.2, 0.25) is 12.7 Å². The first-order valence-corrected chi connectivity index (χ1v) is 9.36. The number of benzene rings is 2. The van der Waals surface area contributed by atoms with Crippen LogP contribution in [0.2, 0.25) is 0 Å². The monoisotopic (exact) mass is 433 g/mol. The first-order chi connectivity index (χ1) is 15.3. The molecule has 4 rings (SSSR count). The van der Waals surface area contributed by atoms with E-state index >= 15 is 0 Å². The second-order valence-electron chi connectivity index (χ2n) is 7.02. The fourth-order valence-corrected chi connectivity index (χ4v) is 3.47. The van der Waals surface area contributed by atoms with Crippen molar-refractivity contribution in [3.63, 3.8) is 0 Å². The Balaban J connectivity index is 1.81. The average molecular weight is 433 g/mol. The number of pyridine rings is 1. The van der Waals surface area contributed by atoms with E-state index in [0.717, 1.165) is 16.7 Å². The van der Waals surface area contributed by atoms with Crippen LogP contribution in [0.5, 0.6) is 17.4 Å². The summed E-state index contributed by atoms with van der Waals surface area (Å²) in [6.07, 6.45) is 0. The van der Waals surface area contributed by atoms with Gasteiger partial charge in [-0.15, -0.1) is 0 Å². The van der Waals surface area contributed by atoms with E-state index < -0.39 is 22.1 Å². The third-order valence-electron chi connectivity index (χ3n) is 5.15. The topological polar surface area (TPSA) is 145 Å². The van der Waals surface area contributed by atoms with E-state index in [1.54, 1.807) is 24.3 Å². The van der Waals surface area contributed by atoms with Crippen LogP contribution in [0, 0.1) is 28.4 Å². The van der Waals surface area contributed by atoms with E-state index in [4.69, 9.17) is 9.47 Å². The maximum atomic E-state index is 13.1. The summed E-state index contributed by atoms with van der Waals surface area (Å²) in [6.45, 7) is 1.33. The molecule has 32 heavy (non-hydrogen) atoms. The van der Waals surface area contributed by atoms with Crippen LogP contribution in [0.25, 0.3) is 0 Å². The molecule has 10 heteroatoms. The Hall–Kier alpha value is -4.65. The molecule has 0 spiro atoms. The maximum Gasteiger partial charge on any atom is 0.271 e. The summed E-state index contributed by atoms with van der Waals surface area (Å²) in [5.41, 5.74) is -0.794. The van der Waals surface area contributed by atoms with Gasteiger partial charge >= 0.3 is 0 Å². The lowest BCUT2D eigenvalue weighted by atomic mass is 9.97. The number of nitrogens with zero attached hydrogens (tertiary/aromatic N) is 3. The number of nitriles is 1. The fourth-order valence-electron chi connectivity index (χ4n) is 3.47. The Kier molecular flexibility index (Phi) is 5.08. The third kappa shape index (κ3) is 3.41. The highest BCUT2D eigenvalue weighted by molar-refractivity contribution is 6.11. The zero-order chi connectivity index (χ0) is 23.0. The van der Waals surface area contributed by atoms with Gasteiger partial charge in [-0.05, 0) is 42.3 Å². The number of aromatic hydroxyl groups is 1. The summed E-state index contributed by atoms with van der Waals surface area (Å²) in [5, 5.41) is 31.2. The third-order valence-corrected chi connectivity index (χ3v) is 5.15. The number of carbonyl (C=O) groups is 1. The summed E-state index contributed by atoms with van der Waals surface area (Å²) in [4.78, 5) is 36.2. The van der Waals surface area contributed by atoms with Crippen molar-refractivity contribution < 1.29 is 24.3 Å². The average Bonchev–Trinajstić information content (AvgIpc) is 3.25. The SMILES string of the molecule is Cc1c(C(=O)c2ccc([N+](=O)[O-])cc2)c(O)n(Cc2ccc3c(c2)OCO3)c(=O)c1C#N. The Morgan fingerprint density at radius 3 is 2.56 bits per heavy atom. The largest absolute Gasteiger partial charge is 0.494 e. The number of carbonyl (C=O) groups excluding carboxylic acids is 1. The molecule has 0 saturated heterocycles. The molecule has 0 amide bonds. The van der Waals surface area contributed by atoms with E-state index in [9.17, 15) is 30.1 Å². The van der Waals surface area contributed by atoms with Crippen LogP contribution in [0.3, 0.4) is 0 Å². The molecule has 0 fully saturated rings. The van der Waals surface area contributed by atoms with Gasteiger partial charge in [0.1, 0.15) is 11.6 Å². The standard InChI is InChI=1S/C22H15N3O7/c1-12-16(9-23)21(27)24(10-13-2-7-17-18(8-13)32-11-31-17)22(28)19(12)20(26)14-3-5-15(6-4-14)25(29)30/h2-8,28H,10-11H2,1H3. The number of aromatic nitrogens is 1. The molecule has 160 valence electrons. The van der Waals surface area contributed by atoms with E-state index in [-0.39, 0.29) is 41.3 Å². The van der Waals surface area contributed by atoms with Crippen LogP contribution < -0.4 is 15.0 Å². The van der Waals surface area contributed by atoms with E-state index in [1.165, 1.54) is 19.1 Å². The molecule has 1 aliphatic rings. The van der Waals surface area contributed by atoms with Gasteiger partial charge in [-0.25, -0.2) is 0 Å². The van der Waals surface area contributed by atoms with Gasteiger partial charge < -0.3 is 14.6 Å². The number of hydrogen-bond acceptors (Lipinski definition) is 8. The summed E-state index contributed by atoms with van der Waals surface area (Å²) >= 11 is 0. The zero-order valence-electron chi connectivity index (χ0n) is 16.7. The van der Waals surface area contributed by atoms with Gasteiger partial charge in [0.15, 0.2) is 17.3 Å². The minimum absolute atomic E-state index is 0.0280. The summed E-state index contributed by atoms with van der Waals surface area (Å²) in [5.74, 6) is -0.260. The molecule has 1 aromatic heterocycles.